The summed E-state index contributed by atoms with van der Waals surface area (Å²) in [5.41, 5.74) is 0. The van der Waals surface area contributed by atoms with Crippen LogP contribution in [0.4, 0.5) is 0 Å². The molecular formula is C19H20O6. The van der Waals surface area contributed by atoms with E-state index in [1.54, 1.807) is 27.4 Å². The van der Waals surface area contributed by atoms with Gasteiger partial charge in [-0.25, -0.2) is 0 Å². The second-order valence-electron chi connectivity index (χ2n) is 5.36. The summed E-state index contributed by atoms with van der Waals surface area (Å²) < 4.78 is 27.2. The topological polar surface area (TPSA) is 66.4 Å². The first-order valence-electron chi connectivity index (χ1n) is 7.60. The van der Waals surface area contributed by atoms with Gasteiger partial charge in [-0.15, -0.1) is 0 Å². The lowest BCUT2D eigenvalue weighted by atomic mass is 9.98. The molecule has 0 saturated carbocycles. The minimum atomic E-state index is -0.0567. The maximum atomic E-state index is 10.5. The Bertz CT molecular complexity index is 948. The summed E-state index contributed by atoms with van der Waals surface area (Å²) in [4.78, 5) is 0. The van der Waals surface area contributed by atoms with E-state index in [1.807, 2.05) is 18.2 Å². The van der Waals surface area contributed by atoms with Crippen LogP contribution in [0.3, 0.4) is 0 Å². The normalized spacial score (nSPS) is 10.8. The molecule has 0 spiro atoms. The highest BCUT2D eigenvalue weighted by atomic mass is 16.5. The summed E-state index contributed by atoms with van der Waals surface area (Å²) in [6.45, 7) is 0. The number of hydrogen-bond donors (Lipinski definition) is 1. The van der Waals surface area contributed by atoms with Crippen LogP contribution in [-0.4, -0.2) is 40.7 Å². The summed E-state index contributed by atoms with van der Waals surface area (Å²) in [6.07, 6.45) is 0. The van der Waals surface area contributed by atoms with Crippen molar-refractivity contribution in [2.24, 2.45) is 0 Å². The Kier molecular flexibility index (Phi) is 4.35. The summed E-state index contributed by atoms with van der Waals surface area (Å²) >= 11 is 0. The van der Waals surface area contributed by atoms with Gasteiger partial charge < -0.3 is 28.8 Å². The van der Waals surface area contributed by atoms with Gasteiger partial charge in [-0.3, -0.25) is 0 Å². The Morgan fingerprint density at radius 3 is 1.84 bits per heavy atom. The van der Waals surface area contributed by atoms with E-state index in [1.165, 1.54) is 14.2 Å². The fourth-order valence-electron chi connectivity index (χ4n) is 3.13. The van der Waals surface area contributed by atoms with Crippen molar-refractivity contribution in [3.05, 3.63) is 24.3 Å². The summed E-state index contributed by atoms with van der Waals surface area (Å²) in [7, 11) is 7.70. The summed E-state index contributed by atoms with van der Waals surface area (Å²) in [5.74, 6) is 2.20. The SMILES string of the molecule is COc1cc2ccc3c(OC)c(OC)c(OC)cc3c2c(OC)c1O. The van der Waals surface area contributed by atoms with Crippen molar-refractivity contribution in [1.29, 1.82) is 0 Å². The molecule has 3 aromatic carbocycles. The van der Waals surface area contributed by atoms with Gasteiger partial charge in [0.25, 0.3) is 0 Å². The van der Waals surface area contributed by atoms with Crippen molar-refractivity contribution in [3.63, 3.8) is 0 Å². The molecular weight excluding hydrogens is 324 g/mol. The first-order valence-corrected chi connectivity index (χ1v) is 7.60. The lowest BCUT2D eigenvalue weighted by molar-refractivity contribution is 0.327. The zero-order valence-electron chi connectivity index (χ0n) is 14.8. The van der Waals surface area contributed by atoms with Gasteiger partial charge in [-0.1, -0.05) is 6.07 Å². The van der Waals surface area contributed by atoms with E-state index in [4.69, 9.17) is 23.7 Å². The van der Waals surface area contributed by atoms with Crippen LogP contribution in [0.25, 0.3) is 21.5 Å². The molecule has 132 valence electrons. The minimum Gasteiger partial charge on any atom is -0.502 e. The quantitative estimate of drug-likeness (QED) is 0.711. The predicted octanol–water partition coefficient (Wildman–Crippen LogP) is 3.74. The molecule has 0 aliphatic rings. The van der Waals surface area contributed by atoms with E-state index in [0.29, 0.717) is 28.7 Å². The zero-order valence-corrected chi connectivity index (χ0v) is 14.8. The molecule has 6 heteroatoms. The van der Waals surface area contributed by atoms with Gasteiger partial charge in [-0.2, -0.15) is 0 Å². The van der Waals surface area contributed by atoms with Gasteiger partial charge >= 0.3 is 0 Å². The highest BCUT2D eigenvalue weighted by Crippen LogP contribution is 2.50. The van der Waals surface area contributed by atoms with E-state index < -0.39 is 0 Å². The lowest BCUT2D eigenvalue weighted by Gasteiger charge is -2.18. The molecule has 0 amide bonds. The number of phenolic OH excluding ortho intramolecular Hbond substituents is 1. The van der Waals surface area contributed by atoms with Crippen LogP contribution in [0.5, 0.6) is 34.5 Å². The van der Waals surface area contributed by atoms with Crippen molar-refractivity contribution in [3.8, 4) is 34.5 Å². The molecule has 0 bridgehead atoms. The van der Waals surface area contributed by atoms with Crippen molar-refractivity contribution in [2.75, 3.05) is 35.5 Å². The highest BCUT2D eigenvalue weighted by Gasteiger charge is 2.21. The third-order valence-corrected chi connectivity index (χ3v) is 4.24. The second-order valence-corrected chi connectivity index (χ2v) is 5.36. The number of hydrogen-bond acceptors (Lipinski definition) is 6. The molecule has 3 rings (SSSR count). The molecule has 0 saturated heterocycles. The van der Waals surface area contributed by atoms with Gasteiger partial charge in [0, 0.05) is 16.2 Å². The first-order chi connectivity index (χ1) is 12.1. The molecule has 0 aliphatic heterocycles. The number of rotatable bonds is 5. The van der Waals surface area contributed by atoms with Crippen LogP contribution in [0.2, 0.25) is 0 Å². The zero-order chi connectivity index (χ0) is 18.1. The summed E-state index contributed by atoms with van der Waals surface area (Å²) in [6, 6.07) is 7.44. The second kappa shape index (κ2) is 6.47. The van der Waals surface area contributed by atoms with Crippen LogP contribution in [0, 0.1) is 0 Å². The largest absolute Gasteiger partial charge is 0.502 e. The Morgan fingerprint density at radius 2 is 1.28 bits per heavy atom. The van der Waals surface area contributed by atoms with Crippen molar-refractivity contribution in [1.82, 2.24) is 0 Å². The number of ether oxygens (including phenoxy) is 5. The Labute approximate surface area is 145 Å². The fourth-order valence-corrected chi connectivity index (χ4v) is 3.13. The maximum Gasteiger partial charge on any atom is 0.203 e. The van der Waals surface area contributed by atoms with E-state index in [2.05, 4.69) is 0 Å². The Morgan fingerprint density at radius 1 is 0.640 bits per heavy atom. The number of aromatic hydroxyl groups is 1. The molecule has 0 heterocycles. The van der Waals surface area contributed by atoms with Crippen molar-refractivity contribution < 1.29 is 28.8 Å². The molecule has 1 N–H and O–H groups in total. The Balaban J connectivity index is 2.56. The standard InChI is InChI=1S/C19H20O6/c1-21-13-8-10-6-7-11-12(15(10)19(25-5)16(13)20)9-14(22-2)18(24-4)17(11)23-3/h6-9,20H,1-5H3. The number of methoxy groups -OCH3 is 5. The van der Waals surface area contributed by atoms with Crippen molar-refractivity contribution >= 4 is 21.5 Å². The first kappa shape index (κ1) is 16.8. The smallest absolute Gasteiger partial charge is 0.203 e. The highest BCUT2D eigenvalue weighted by molar-refractivity contribution is 6.15. The van der Waals surface area contributed by atoms with Crippen LogP contribution >= 0.6 is 0 Å². The molecule has 0 radical (unpaired) electrons. The predicted molar refractivity (Wildman–Crippen MR) is 95.9 cm³/mol. The van der Waals surface area contributed by atoms with Crippen LogP contribution in [0.1, 0.15) is 0 Å². The fraction of sp³-hybridized carbons (Fsp3) is 0.263. The molecule has 3 aromatic rings. The molecule has 0 fully saturated rings. The monoisotopic (exact) mass is 344 g/mol. The van der Waals surface area contributed by atoms with Gasteiger partial charge in [0.2, 0.25) is 11.5 Å². The van der Waals surface area contributed by atoms with Gasteiger partial charge in [0.1, 0.15) is 0 Å². The molecule has 25 heavy (non-hydrogen) atoms. The van der Waals surface area contributed by atoms with E-state index in [0.717, 1.165) is 21.5 Å². The molecule has 0 unspecified atom stereocenters. The summed E-state index contributed by atoms with van der Waals surface area (Å²) in [5, 5.41) is 13.7. The maximum absolute atomic E-state index is 10.5. The van der Waals surface area contributed by atoms with Crippen LogP contribution in [0.15, 0.2) is 24.3 Å². The average molecular weight is 344 g/mol. The van der Waals surface area contributed by atoms with Crippen LogP contribution in [-0.2, 0) is 0 Å². The third kappa shape index (κ3) is 2.41. The molecule has 0 aliphatic carbocycles. The van der Waals surface area contributed by atoms with E-state index in [-0.39, 0.29) is 5.75 Å². The van der Waals surface area contributed by atoms with Gasteiger partial charge in [-0.05, 0) is 23.6 Å². The lowest BCUT2D eigenvalue weighted by Crippen LogP contribution is -1.97. The molecule has 6 nitrogen and oxygen atoms in total. The van der Waals surface area contributed by atoms with Gasteiger partial charge in [0.05, 0.1) is 35.5 Å². The van der Waals surface area contributed by atoms with Crippen molar-refractivity contribution in [2.45, 2.75) is 0 Å². The molecule has 0 aromatic heterocycles. The number of fused-ring (bicyclic) bond motifs is 3. The number of phenols is 1. The van der Waals surface area contributed by atoms with Gasteiger partial charge in [0.15, 0.2) is 23.0 Å². The van der Waals surface area contributed by atoms with E-state index >= 15 is 0 Å². The molecule has 0 atom stereocenters. The minimum absolute atomic E-state index is 0.0567. The number of benzene rings is 3. The average Bonchev–Trinajstić information content (AvgIpc) is 2.65. The Hall–Kier alpha value is -3.02. The third-order valence-electron chi connectivity index (χ3n) is 4.24. The van der Waals surface area contributed by atoms with Crippen LogP contribution < -0.4 is 23.7 Å². The van der Waals surface area contributed by atoms with E-state index in [9.17, 15) is 5.11 Å².